The van der Waals surface area contributed by atoms with E-state index in [0.29, 0.717) is 13.0 Å². The van der Waals surface area contributed by atoms with Crippen LogP contribution >= 0.6 is 0 Å². The summed E-state index contributed by atoms with van der Waals surface area (Å²) in [6.45, 7) is 3.51. The second-order valence-corrected chi connectivity index (χ2v) is 7.00. The zero-order chi connectivity index (χ0) is 17.8. The molecule has 1 aromatic heterocycles. The molecule has 4 rings (SSSR count). The first kappa shape index (κ1) is 16.9. The molecular formula is C22H25N3O. The molecule has 2 heterocycles. The first-order valence-electron chi connectivity index (χ1n) is 9.40. The van der Waals surface area contributed by atoms with Crippen molar-refractivity contribution in [1.29, 1.82) is 0 Å². The number of aromatic nitrogens is 1. The third-order valence-corrected chi connectivity index (χ3v) is 5.26. The van der Waals surface area contributed by atoms with Gasteiger partial charge in [0.2, 0.25) is 5.91 Å². The Morgan fingerprint density at radius 1 is 1.08 bits per heavy atom. The van der Waals surface area contributed by atoms with Gasteiger partial charge in [-0.25, -0.2) is 0 Å². The van der Waals surface area contributed by atoms with Crippen molar-refractivity contribution in [2.75, 3.05) is 19.6 Å². The van der Waals surface area contributed by atoms with Crippen LogP contribution in [-0.2, 0) is 24.2 Å². The highest BCUT2D eigenvalue weighted by atomic mass is 16.1. The van der Waals surface area contributed by atoms with Gasteiger partial charge in [-0.05, 0) is 35.6 Å². The molecule has 1 amide bonds. The Kier molecular flexibility index (Phi) is 5.02. The van der Waals surface area contributed by atoms with Crippen molar-refractivity contribution in [3.8, 4) is 0 Å². The molecule has 3 aromatic rings. The molecule has 0 aliphatic carbocycles. The van der Waals surface area contributed by atoms with Crippen LogP contribution in [0.2, 0.25) is 0 Å². The quantitative estimate of drug-likeness (QED) is 0.719. The summed E-state index contributed by atoms with van der Waals surface area (Å²) in [4.78, 5) is 17.8. The first-order chi connectivity index (χ1) is 12.8. The van der Waals surface area contributed by atoms with E-state index in [-0.39, 0.29) is 5.91 Å². The number of hydrogen-bond donors (Lipinski definition) is 2. The molecule has 0 saturated heterocycles. The maximum absolute atomic E-state index is 12.2. The van der Waals surface area contributed by atoms with E-state index in [1.807, 2.05) is 12.3 Å². The molecule has 0 atom stereocenters. The highest BCUT2D eigenvalue weighted by Crippen LogP contribution is 2.19. The van der Waals surface area contributed by atoms with Crippen molar-refractivity contribution in [2.45, 2.75) is 25.8 Å². The van der Waals surface area contributed by atoms with Crippen LogP contribution in [-0.4, -0.2) is 35.4 Å². The number of carbonyl (C=O) groups excluding carboxylic acids is 1. The zero-order valence-corrected chi connectivity index (χ0v) is 15.0. The van der Waals surface area contributed by atoms with Gasteiger partial charge >= 0.3 is 0 Å². The van der Waals surface area contributed by atoms with Crippen LogP contribution in [0, 0.1) is 0 Å². The number of fused-ring (bicyclic) bond motifs is 2. The number of H-pyrrole nitrogens is 1. The third kappa shape index (κ3) is 3.81. The van der Waals surface area contributed by atoms with E-state index in [9.17, 15) is 4.79 Å². The van der Waals surface area contributed by atoms with Crippen LogP contribution in [0.3, 0.4) is 0 Å². The number of nitrogens with zero attached hydrogens (tertiary/aromatic N) is 1. The van der Waals surface area contributed by atoms with Gasteiger partial charge in [0.1, 0.15) is 0 Å². The average Bonchev–Trinajstić information content (AvgIpc) is 3.09. The number of hydrogen-bond acceptors (Lipinski definition) is 2. The van der Waals surface area contributed by atoms with Gasteiger partial charge in [-0.15, -0.1) is 0 Å². The zero-order valence-electron chi connectivity index (χ0n) is 15.0. The number of nitrogens with one attached hydrogen (secondary N) is 2. The molecule has 0 radical (unpaired) electrons. The molecule has 4 heteroatoms. The topological polar surface area (TPSA) is 48.1 Å². The van der Waals surface area contributed by atoms with Crippen molar-refractivity contribution in [3.05, 3.63) is 71.4 Å². The Morgan fingerprint density at radius 2 is 1.88 bits per heavy atom. The van der Waals surface area contributed by atoms with E-state index >= 15 is 0 Å². The van der Waals surface area contributed by atoms with Gasteiger partial charge in [0.15, 0.2) is 0 Å². The number of amides is 1. The fraction of sp³-hybridized carbons (Fsp3) is 0.318. The minimum absolute atomic E-state index is 0.142. The van der Waals surface area contributed by atoms with E-state index in [1.165, 1.54) is 22.1 Å². The number of carbonyl (C=O) groups is 1. The normalized spacial score (nSPS) is 14.3. The third-order valence-electron chi connectivity index (χ3n) is 5.26. The van der Waals surface area contributed by atoms with E-state index in [2.05, 4.69) is 57.7 Å². The van der Waals surface area contributed by atoms with Gasteiger partial charge in [-0.1, -0.05) is 42.5 Å². The molecule has 1 aliphatic heterocycles. The molecule has 1 aliphatic rings. The highest BCUT2D eigenvalue weighted by molar-refractivity contribution is 5.83. The second kappa shape index (κ2) is 7.75. The van der Waals surface area contributed by atoms with Crippen LogP contribution in [0.5, 0.6) is 0 Å². The van der Waals surface area contributed by atoms with Crippen molar-refractivity contribution in [2.24, 2.45) is 0 Å². The van der Waals surface area contributed by atoms with Crippen LogP contribution in [0.1, 0.15) is 23.1 Å². The van der Waals surface area contributed by atoms with Crippen LogP contribution in [0.25, 0.3) is 10.9 Å². The fourth-order valence-electron chi connectivity index (χ4n) is 3.77. The lowest BCUT2D eigenvalue weighted by Crippen LogP contribution is -2.35. The van der Waals surface area contributed by atoms with Gasteiger partial charge < -0.3 is 10.3 Å². The van der Waals surface area contributed by atoms with Crippen LogP contribution in [0.4, 0.5) is 0 Å². The molecule has 0 spiro atoms. The van der Waals surface area contributed by atoms with E-state index in [0.717, 1.165) is 38.0 Å². The Morgan fingerprint density at radius 3 is 2.81 bits per heavy atom. The maximum Gasteiger partial charge on any atom is 0.221 e. The molecule has 4 nitrogen and oxygen atoms in total. The van der Waals surface area contributed by atoms with Crippen molar-refractivity contribution < 1.29 is 4.79 Å². The summed E-state index contributed by atoms with van der Waals surface area (Å²) in [5.41, 5.74) is 5.26. The lowest BCUT2D eigenvalue weighted by molar-refractivity contribution is -0.121. The minimum Gasteiger partial charge on any atom is -0.361 e. The Labute approximate surface area is 154 Å². The summed E-state index contributed by atoms with van der Waals surface area (Å²) in [6, 6.07) is 16.9. The van der Waals surface area contributed by atoms with Gasteiger partial charge in [0.25, 0.3) is 0 Å². The highest BCUT2D eigenvalue weighted by Gasteiger charge is 2.16. The second-order valence-electron chi connectivity index (χ2n) is 7.00. The van der Waals surface area contributed by atoms with E-state index < -0.39 is 0 Å². The fourth-order valence-corrected chi connectivity index (χ4v) is 3.77. The van der Waals surface area contributed by atoms with Crippen molar-refractivity contribution in [3.63, 3.8) is 0 Å². The van der Waals surface area contributed by atoms with Gasteiger partial charge in [0.05, 0.1) is 0 Å². The summed E-state index contributed by atoms with van der Waals surface area (Å²) in [7, 11) is 0. The number of benzene rings is 2. The van der Waals surface area contributed by atoms with Gasteiger partial charge in [-0.2, -0.15) is 0 Å². The van der Waals surface area contributed by atoms with E-state index in [1.54, 1.807) is 0 Å². The molecule has 0 fully saturated rings. The lowest BCUT2D eigenvalue weighted by Gasteiger charge is -2.28. The Balaban J connectivity index is 1.21. The number of para-hydroxylation sites is 1. The maximum atomic E-state index is 12.2. The molecular weight excluding hydrogens is 322 g/mol. The standard InChI is InChI=1S/C22H25N3O/c26-22(11-14-25-13-10-17-5-1-2-6-19(17)16-25)23-12-9-18-15-24-21-8-4-3-7-20(18)21/h1-8,15,24H,9-14,16H2,(H,23,26). The van der Waals surface area contributed by atoms with Crippen LogP contribution in [0.15, 0.2) is 54.7 Å². The monoisotopic (exact) mass is 347 g/mol. The Bertz CT molecular complexity index is 899. The lowest BCUT2D eigenvalue weighted by atomic mass is 10.00. The minimum atomic E-state index is 0.142. The molecule has 2 N–H and O–H groups in total. The molecule has 26 heavy (non-hydrogen) atoms. The van der Waals surface area contributed by atoms with E-state index in [4.69, 9.17) is 0 Å². The first-order valence-corrected chi connectivity index (χ1v) is 9.40. The molecule has 134 valence electrons. The van der Waals surface area contributed by atoms with Crippen molar-refractivity contribution >= 4 is 16.8 Å². The number of aromatic amines is 1. The largest absolute Gasteiger partial charge is 0.361 e. The molecule has 2 aromatic carbocycles. The predicted molar refractivity (Wildman–Crippen MR) is 105 cm³/mol. The van der Waals surface area contributed by atoms with Gasteiger partial charge in [0, 0.05) is 49.7 Å². The summed E-state index contributed by atoms with van der Waals surface area (Å²) in [6.07, 6.45) is 4.54. The molecule has 0 bridgehead atoms. The van der Waals surface area contributed by atoms with Crippen molar-refractivity contribution in [1.82, 2.24) is 15.2 Å². The Hall–Kier alpha value is -2.59. The van der Waals surface area contributed by atoms with Gasteiger partial charge in [-0.3, -0.25) is 9.69 Å². The number of rotatable bonds is 6. The smallest absolute Gasteiger partial charge is 0.221 e. The molecule has 0 unspecified atom stereocenters. The van der Waals surface area contributed by atoms with Crippen LogP contribution < -0.4 is 5.32 Å². The average molecular weight is 347 g/mol. The SMILES string of the molecule is O=C(CCN1CCc2ccccc2C1)NCCc1c[nH]c2ccccc12. The summed E-state index contributed by atoms with van der Waals surface area (Å²) < 4.78 is 0. The molecule has 0 saturated carbocycles. The predicted octanol–water partition coefficient (Wildman–Crippen LogP) is 3.28. The summed E-state index contributed by atoms with van der Waals surface area (Å²) >= 11 is 0. The summed E-state index contributed by atoms with van der Waals surface area (Å²) in [5.74, 6) is 0.142. The summed E-state index contributed by atoms with van der Waals surface area (Å²) in [5, 5.41) is 4.31.